The molecule has 0 spiro atoms. The first-order valence-corrected chi connectivity index (χ1v) is 5.47. The van der Waals surface area contributed by atoms with Crippen molar-refractivity contribution in [3.8, 4) is 0 Å². The first-order valence-electron chi connectivity index (χ1n) is 5.47. The predicted octanol–water partition coefficient (Wildman–Crippen LogP) is 1.88. The van der Waals surface area contributed by atoms with Gasteiger partial charge < -0.3 is 16.4 Å². The number of urea groups is 1. The van der Waals surface area contributed by atoms with E-state index in [2.05, 4.69) is 10.6 Å². The van der Waals surface area contributed by atoms with Gasteiger partial charge in [0.25, 0.3) is 0 Å². The summed E-state index contributed by atoms with van der Waals surface area (Å²) < 4.78 is 0. The number of hydrogen-bond donors (Lipinski definition) is 4. The Hall–Kier alpha value is -2.56. The van der Waals surface area contributed by atoms with Gasteiger partial charge in [-0.05, 0) is 29.0 Å². The lowest BCUT2D eigenvalue weighted by atomic mass is 10.1. The van der Waals surface area contributed by atoms with Gasteiger partial charge in [0.1, 0.15) is 5.84 Å². The number of nitrogen functional groups attached to an aromatic ring is 1. The third-order valence-corrected chi connectivity index (χ3v) is 2.64. The van der Waals surface area contributed by atoms with Crippen LogP contribution in [0, 0.1) is 5.41 Å². The van der Waals surface area contributed by atoms with Crippen LogP contribution in [0.5, 0.6) is 0 Å². The molecule has 2 rings (SSSR count). The summed E-state index contributed by atoms with van der Waals surface area (Å²) in [5.41, 5.74) is 6.85. The van der Waals surface area contributed by atoms with E-state index in [0.717, 1.165) is 16.5 Å². The van der Waals surface area contributed by atoms with Crippen molar-refractivity contribution in [2.24, 2.45) is 5.73 Å². The molecule has 92 valence electrons. The maximum absolute atomic E-state index is 11.2. The number of benzene rings is 2. The molecule has 0 fully saturated rings. The van der Waals surface area contributed by atoms with Crippen LogP contribution in [-0.2, 0) is 0 Å². The van der Waals surface area contributed by atoms with Gasteiger partial charge in [-0.25, -0.2) is 4.79 Å². The number of nitrogens with one attached hydrogen (secondary N) is 3. The van der Waals surface area contributed by atoms with Crippen molar-refractivity contribution in [2.75, 3.05) is 12.4 Å². The number of carbonyl (C=O) groups excluding carboxylic acids is 1. The Morgan fingerprint density at radius 3 is 2.50 bits per heavy atom. The molecular weight excluding hydrogens is 228 g/mol. The van der Waals surface area contributed by atoms with Crippen LogP contribution in [0.3, 0.4) is 0 Å². The Bertz CT molecular complexity index is 621. The van der Waals surface area contributed by atoms with Gasteiger partial charge in [0.2, 0.25) is 0 Å². The first kappa shape index (κ1) is 11.9. The SMILES string of the molecule is CNC(=O)Nc1ccc2cc(C(=N)N)ccc2c1. The monoisotopic (exact) mass is 242 g/mol. The van der Waals surface area contributed by atoms with Crippen LogP contribution in [0.2, 0.25) is 0 Å². The number of amides is 2. The van der Waals surface area contributed by atoms with Crippen molar-refractivity contribution in [3.63, 3.8) is 0 Å². The van der Waals surface area contributed by atoms with Gasteiger partial charge in [-0.15, -0.1) is 0 Å². The molecule has 0 unspecified atom stereocenters. The third kappa shape index (κ3) is 2.40. The van der Waals surface area contributed by atoms with Gasteiger partial charge in [0, 0.05) is 18.3 Å². The molecule has 5 heteroatoms. The Balaban J connectivity index is 2.38. The van der Waals surface area contributed by atoms with Gasteiger partial charge in [0.05, 0.1) is 0 Å². The minimum atomic E-state index is -0.255. The second kappa shape index (κ2) is 4.75. The van der Waals surface area contributed by atoms with Crippen LogP contribution < -0.4 is 16.4 Å². The third-order valence-electron chi connectivity index (χ3n) is 2.64. The number of anilines is 1. The van der Waals surface area contributed by atoms with Crippen molar-refractivity contribution in [1.29, 1.82) is 5.41 Å². The topological polar surface area (TPSA) is 91.0 Å². The second-order valence-corrected chi connectivity index (χ2v) is 3.89. The molecule has 2 aromatic rings. The normalized spacial score (nSPS) is 10.1. The average Bonchev–Trinajstić information content (AvgIpc) is 2.37. The molecule has 2 amide bonds. The molecule has 5 nitrogen and oxygen atoms in total. The lowest BCUT2D eigenvalue weighted by Crippen LogP contribution is -2.24. The fourth-order valence-electron chi connectivity index (χ4n) is 1.68. The van der Waals surface area contributed by atoms with Gasteiger partial charge in [-0.1, -0.05) is 18.2 Å². The van der Waals surface area contributed by atoms with Crippen molar-refractivity contribution in [3.05, 3.63) is 42.0 Å². The fraction of sp³-hybridized carbons (Fsp3) is 0.0769. The van der Waals surface area contributed by atoms with Crippen molar-refractivity contribution in [2.45, 2.75) is 0 Å². The molecule has 5 N–H and O–H groups in total. The summed E-state index contributed by atoms with van der Waals surface area (Å²) in [5, 5.41) is 14.5. The lowest BCUT2D eigenvalue weighted by molar-refractivity contribution is 0.254. The number of fused-ring (bicyclic) bond motifs is 1. The molecule has 0 atom stereocenters. The molecule has 0 radical (unpaired) electrons. The Kier molecular flexibility index (Phi) is 3.14. The maximum atomic E-state index is 11.2. The van der Waals surface area contributed by atoms with Crippen LogP contribution in [0.15, 0.2) is 36.4 Å². The molecule has 2 aromatic carbocycles. The molecule has 18 heavy (non-hydrogen) atoms. The Morgan fingerprint density at radius 2 is 1.83 bits per heavy atom. The summed E-state index contributed by atoms with van der Waals surface area (Å²) in [6.45, 7) is 0. The zero-order chi connectivity index (χ0) is 13.1. The van der Waals surface area contributed by atoms with Crippen LogP contribution >= 0.6 is 0 Å². The standard InChI is InChI=1S/C13H14N4O/c1-16-13(18)17-11-5-4-8-6-10(12(14)15)3-2-9(8)7-11/h2-7H,1H3,(H3,14,15)(H2,16,17,18). The lowest BCUT2D eigenvalue weighted by Gasteiger charge is -2.07. The molecule has 0 saturated carbocycles. The van der Waals surface area contributed by atoms with E-state index < -0.39 is 0 Å². The Morgan fingerprint density at radius 1 is 1.17 bits per heavy atom. The van der Waals surface area contributed by atoms with E-state index in [-0.39, 0.29) is 11.9 Å². The number of hydrogen-bond acceptors (Lipinski definition) is 2. The molecule has 0 aliphatic carbocycles. The molecule has 0 heterocycles. The summed E-state index contributed by atoms with van der Waals surface area (Å²) >= 11 is 0. The minimum Gasteiger partial charge on any atom is -0.384 e. The number of nitrogens with two attached hydrogens (primary N) is 1. The maximum Gasteiger partial charge on any atom is 0.318 e. The highest BCUT2D eigenvalue weighted by molar-refractivity contribution is 6.00. The zero-order valence-corrected chi connectivity index (χ0v) is 9.95. The highest BCUT2D eigenvalue weighted by Crippen LogP contribution is 2.20. The van der Waals surface area contributed by atoms with Crippen LogP contribution in [0.4, 0.5) is 10.5 Å². The fourth-order valence-corrected chi connectivity index (χ4v) is 1.68. The molecule has 0 aliphatic rings. The van der Waals surface area contributed by atoms with E-state index in [1.807, 2.05) is 30.3 Å². The van der Waals surface area contributed by atoms with E-state index in [0.29, 0.717) is 5.56 Å². The molecule has 0 saturated heterocycles. The molecule has 0 aliphatic heterocycles. The van der Waals surface area contributed by atoms with Gasteiger partial charge in [0.15, 0.2) is 0 Å². The zero-order valence-electron chi connectivity index (χ0n) is 9.95. The second-order valence-electron chi connectivity index (χ2n) is 3.89. The van der Waals surface area contributed by atoms with Gasteiger partial charge in [-0.3, -0.25) is 5.41 Å². The van der Waals surface area contributed by atoms with E-state index in [4.69, 9.17) is 11.1 Å². The first-order chi connectivity index (χ1) is 8.60. The van der Waals surface area contributed by atoms with Crippen LogP contribution in [0.1, 0.15) is 5.56 Å². The van der Waals surface area contributed by atoms with Crippen LogP contribution in [0.25, 0.3) is 10.8 Å². The summed E-state index contributed by atoms with van der Waals surface area (Å²) in [7, 11) is 1.56. The molecular formula is C13H14N4O. The summed E-state index contributed by atoms with van der Waals surface area (Å²) in [4.78, 5) is 11.2. The summed E-state index contributed by atoms with van der Waals surface area (Å²) in [5.74, 6) is 0.0458. The molecule has 0 aromatic heterocycles. The summed E-state index contributed by atoms with van der Waals surface area (Å²) in [6, 6.07) is 10.8. The quantitative estimate of drug-likeness (QED) is 0.478. The molecule has 0 bridgehead atoms. The van der Waals surface area contributed by atoms with Crippen molar-refractivity contribution >= 4 is 28.3 Å². The smallest absolute Gasteiger partial charge is 0.318 e. The number of rotatable bonds is 2. The number of amidine groups is 1. The van der Waals surface area contributed by atoms with E-state index in [9.17, 15) is 4.79 Å². The average molecular weight is 242 g/mol. The predicted molar refractivity (Wildman–Crippen MR) is 73.0 cm³/mol. The van der Waals surface area contributed by atoms with Crippen molar-refractivity contribution < 1.29 is 4.79 Å². The van der Waals surface area contributed by atoms with E-state index in [1.165, 1.54) is 0 Å². The van der Waals surface area contributed by atoms with Gasteiger partial charge in [-0.2, -0.15) is 0 Å². The minimum absolute atomic E-state index is 0.0458. The highest BCUT2D eigenvalue weighted by Gasteiger charge is 2.02. The van der Waals surface area contributed by atoms with E-state index in [1.54, 1.807) is 13.1 Å². The highest BCUT2D eigenvalue weighted by atomic mass is 16.2. The van der Waals surface area contributed by atoms with Crippen LogP contribution in [-0.4, -0.2) is 18.9 Å². The number of carbonyl (C=O) groups is 1. The van der Waals surface area contributed by atoms with E-state index >= 15 is 0 Å². The summed E-state index contributed by atoms with van der Waals surface area (Å²) in [6.07, 6.45) is 0. The Labute approximate surface area is 104 Å². The largest absolute Gasteiger partial charge is 0.384 e. The van der Waals surface area contributed by atoms with Gasteiger partial charge >= 0.3 is 6.03 Å². The van der Waals surface area contributed by atoms with Crippen molar-refractivity contribution in [1.82, 2.24) is 5.32 Å².